The van der Waals surface area contributed by atoms with E-state index < -0.39 is 6.10 Å². The van der Waals surface area contributed by atoms with Gasteiger partial charge in [-0.05, 0) is 19.4 Å². The van der Waals surface area contributed by atoms with E-state index in [9.17, 15) is 9.90 Å². The van der Waals surface area contributed by atoms with E-state index in [1.54, 1.807) is 12.1 Å². The first-order valence-corrected chi connectivity index (χ1v) is 5.77. The molecule has 3 nitrogen and oxygen atoms in total. The van der Waals surface area contributed by atoms with Crippen LogP contribution < -0.4 is 5.32 Å². The molecule has 0 amide bonds. The summed E-state index contributed by atoms with van der Waals surface area (Å²) in [4.78, 5) is 11.8. The summed E-state index contributed by atoms with van der Waals surface area (Å²) in [6.45, 7) is 0.946. The number of hydrogen-bond donors (Lipinski definition) is 2. The zero-order chi connectivity index (χ0) is 11.4. The molecule has 0 aromatic heterocycles. The molecule has 0 aliphatic carbocycles. The van der Waals surface area contributed by atoms with Gasteiger partial charge in [0.2, 0.25) is 0 Å². The molecular formula is C13H17NO2. The van der Waals surface area contributed by atoms with E-state index in [2.05, 4.69) is 5.32 Å². The second-order valence-corrected chi connectivity index (χ2v) is 4.26. The minimum absolute atomic E-state index is 0.0156. The topological polar surface area (TPSA) is 49.3 Å². The minimum atomic E-state index is -0.560. The summed E-state index contributed by atoms with van der Waals surface area (Å²) >= 11 is 0. The zero-order valence-electron chi connectivity index (χ0n) is 9.23. The number of carbonyl (C=O) groups excluding carboxylic acids is 1. The lowest BCUT2D eigenvalue weighted by molar-refractivity contribution is 0.0819. The molecule has 0 spiro atoms. The van der Waals surface area contributed by atoms with E-state index in [1.165, 1.54) is 0 Å². The van der Waals surface area contributed by atoms with Crippen LogP contribution in [-0.4, -0.2) is 29.6 Å². The first-order valence-electron chi connectivity index (χ1n) is 5.77. The van der Waals surface area contributed by atoms with Crippen LogP contribution in [0.5, 0.6) is 0 Å². The normalized spacial score (nSPS) is 21.9. The molecule has 0 saturated carbocycles. The van der Waals surface area contributed by atoms with Gasteiger partial charge < -0.3 is 10.4 Å². The summed E-state index contributed by atoms with van der Waals surface area (Å²) in [6, 6.07) is 9.23. The van der Waals surface area contributed by atoms with Gasteiger partial charge in [0, 0.05) is 18.0 Å². The predicted octanol–water partition coefficient (Wildman–Crippen LogP) is 1.37. The molecule has 2 atom stereocenters. The molecule has 1 aliphatic rings. The van der Waals surface area contributed by atoms with E-state index in [4.69, 9.17) is 0 Å². The molecule has 1 fully saturated rings. The Kier molecular flexibility index (Phi) is 3.70. The molecule has 1 aliphatic heterocycles. The van der Waals surface area contributed by atoms with E-state index in [-0.39, 0.29) is 18.2 Å². The summed E-state index contributed by atoms with van der Waals surface area (Å²) in [5.74, 6) is 0.0156. The van der Waals surface area contributed by atoms with Crippen molar-refractivity contribution in [2.24, 2.45) is 0 Å². The third kappa shape index (κ3) is 2.68. The second kappa shape index (κ2) is 5.23. The van der Waals surface area contributed by atoms with Crippen LogP contribution in [0.1, 0.15) is 29.6 Å². The van der Waals surface area contributed by atoms with Gasteiger partial charge in [-0.15, -0.1) is 0 Å². The highest BCUT2D eigenvalue weighted by atomic mass is 16.3. The third-order valence-corrected chi connectivity index (χ3v) is 3.05. The number of hydrogen-bond acceptors (Lipinski definition) is 3. The molecule has 1 aromatic rings. The lowest BCUT2D eigenvalue weighted by atomic mass is 10.00. The number of benzene rings is 1. The highest BCUT2D eigenvalue weighted by Gasteiger charge is 2.24. The summed E-state index contributed by atoms with van der Waals surface area (Å²) in [5, 5.41) is 13.1. The first-order chi connectivity index (χ1) is 7.77. The molecule has 86 valence electrons. The Morgan fingerprint density at radius 3 is 2.81 bits per heavy atom. The molecule has 0 radical (unpaired) electrons. The lowest BCUT2D eigenvalue weighted by Gasteiger charge is -2.17. The Morgan fingerprint density at radius 1 is 1.44 bits per heavy atom. The number of rotatable bonds is 4. The molecule has 1 aromatic carbocycles. The van der Waals surface area contributed by atoms with Crippen molar-refractivity contribution in [1.29, 1.82) is 0 Å². The Morgan fingerprint density at radius 2 is 2.19 bits per heavy atom. The molecule has 2 rings (SSSR count). The van der Waals surface area contributed by atoms with Crippen molar-refractivity contribution in [3.05, 3.63) is 35.9 Å². The standard InChI is InChI=1S/C13H17NO2/c15-12(10-5-2-1-3-6-10)9-13(16)11-7-4-8-14-11/h1-3,5-6,11,13-14,16H,4,7-9H2. The van der Waals surface area contributed by atoms with Crippen LogP contribution in [0.3, 0.4) is 0 Å². The van der Waals surface area contributed by atoms with Gasteiger partial charge in [0.15, 0.2) is 5.78 Å². The molecule has 16 heavy (non-hydrogen) atoms. The van der Waals surface area contributed by atoms with Gasteiger partial charge in [0.05, 0.1) is 6.10 Å². The van der Waals surface area contributed by atoms with Crippen molar-refractivity contribution in [2.45, 2.75) is 31.4 Å². The minimum Gasteiger partial charge on any atom is -0.391 e. The second-order valence-electron chi connectivity index (χ2n) is 4.26. The Hall–Kier alpha value is -1.19. The van der Waals surface area contributed by atoms with Crippen molar-refractivity contribution in [1.82, 2.24) is 5.32 Å². The SMILES string of the molecule is O=C(CC(O)C1CCCN1)c1ccccc1. The van der Waals surface area contributed by atoms with Crippen LogP contribution in [0, 0.1) is 0 Å². The van der Waals surface area contributed by atoms with Crippen molar-refractivity contribution < 1.29 is 9.90 Å². The highest BCUT2D eigenvalue weighted by molar-refractivity contribution is 5.96. The largest absolute Gasteiger partial charge is 0.391 e. The van der Waals surface area contributed by atoms with Crippen molar-refractivity contribution in [3.63, 3.8) is 0 Å². The average Bonchev–Trinajstić information content (AvgIpc) is 2.83. The predicted molar refractivity (Wildman–Crippen MR) is 62.4 cm³/mol. The Balaban J connectivity index is 1.92. The van der Waals surface area contributed by atoms with Crippen LogP contribution in [0.4, 0.5) is 0 Å². The van der Waals surface area contributed by atoms with Crippen LogP contribution in [0.25, 0.3) is 0 Å². The molecule has 3 heteroatoms. The van der Waals surface area contributed by atoms with Gasteiger partial charge >= 0.3 is 0 Å². The number of ketones is 1. The number of Topliss-reactive ketones (excluding diaryl/α,β-unsaturated/α-hetero) is 1. The Labute approximate surface area is 95.5 Å². The van der Waals surface area contributed by atoms with Gasteiger partial charge in [-0.2, -0.15) is 0 Å². The molecule has 2 N–H and O–H groups in total. The van der Waals surface area contributed by atoms with Gasteiger partial charge in [-0.25, -0.2) is 0 Å². The summed E-state index contributed by atoms with van der Waals surface area (Å²) < 4.78 is 0. The van der Waals surface area contributed by atoms with E-state index in [0.717, 1.165) is 19.4 Å². The maximum Gasteiger partial charge on any atom is 0.165 e. The van der Waals surface area contributed by atoms with Gasteiger partial charge in [-0.1, -0.05) is 30.3 Å². The van der Waals surface area contributed by atoms with Crippen molar-refractivity contribution in [3.8, 4) is 0 Å². The number of carbonyl (C=O) groups is 1. The molecular weight excluding hydrogens is 202 g/mol. The van der Waals surface area contributed by atoms with Crippen LogP contribution in [0.2, 0.25) is 0 Å². The fourth-order valence-corrected chi connectivity index (χ4v) is 2.11. The van der Waals surface area contributed by atoms with Crippen molar-refractivity contribution >= 4 is 5.78 Å². The van der Waals surface area contributed by atoms with Gasteiger partial charge in [0.1, 0.15) is 0 Å². The number of aliphatic hydroxyl groups is 1. The maximum atomic E-state index is 11.8. The number of aliphatic hydroxyl groups excluding tert-OH is 1. The van der Waals surface area contributed by atoms with Crippen LogP contribution in [0.15, 0.2) is 30.3 Å². The van der Waals surface area contributed by atoms with E-state index in [1.807, 2.05) is 18.2 Å². The van der Waals surface area contributed by atoms with Crippen LogP contribution in [-0.2, 0) is 0 Å². The summed E-state index contributed by atoms with van der Waals surface area (Å²) in [7, 11) is 0. The highest BCUT2D eigenvalue weighted by Crippen LogP contribution is 2.14. The first kappa shape index (κ1) is 11.3. The maximum absolute atomic E-state index is 11.8. The lowest BCUT2D eigenvalue weighted by Crippen LogP contribution is -2.36. The monoisotopic (exact) mass is 219 g/mol. The third-order valence-electron chi connectivity index (χ3n) is 3.05. The average molecular weight is 219 g/mol. The smallest absolute Gasteiger partial charge is 0.165 e. The quantitative estimate of drug-likeness (QED) is 0.752. The summed E-state index contributed by atoms with van der Waals surface area (Å²) in [5.41, 5.74) is 0.680. The fraction of sp³-hybridized carbons (Fsp3) is 0.462. The number of nitrogens with one attached hydrogen (secondary N) is 1. The molecule has 1 heterocycles. The summed E-state index contributed by atoms with van der Waals surface area (Å²) in [6.07, 6.45) is 1.70. The van der Waals surface area contributed by atoms with Crippen molar-refractivity contribution in [2.75, 3.05) is 6.54 Å². The zero-order valence-corrected chi connectivity index (χ0v) is 9.23. The van der Waals surface area contributed by atoms with E-state index >= 15 is 0 Å². The van der Waals surface area contributed by atoms with Crippen LogP contribution >= 0.6 is 0 Å². The van der Waals surface area contributed by atoms with E-state index in [0.29, 0.717) is 5.56 Å². The fourth-order valence-electron chi connectivity index (χ4n) is 2.11. The molecule has 2 unspecified atom stereocenters. The Bertz CT molecular complexity index is 344. The molecule has 0 bridgehead atoms. The molecule has 1 saturated heterocycles. The van der Waals surface area contributed by atoms with Gasteiger partial charge in [0.25, 0.3) is 0 Å². The van der Waals surface area contributed by atoms with Gasteiger partial charge in [-0.3, -0.25) is 4.79 Å².